The van der Waals surface area contributed by atoms with Gasteiger partial charge in [-0.05, 0) is 46.7 Å². The van der Waals surface area contributed by atoms with Crippen molar-refractivity contribution in [3.05, 3.63) is 112 Å². The van der Waals surface area contributed by atoms with E-state index in [9.17, 15) is 19.7 Å². The van der Waals surface area contributed by atoms with Gasteiger partial charge in [0.25, 0.3) is 11.6 Å². The van der Waals surface area contributed by atoms with Crippen LogP contribution in [0.2, 0.25) is 0 Å². The third kappa shape index (κ3) is 6.26. The summed E-state index contributed by atoms with van der Waals surface area (Å²) in [6, 6.07) is 25.1. The van der Waals surface area contributed by atoms with Gasteiger partial charge in [0, 0.05) is 12.1 Å². The number of carbonyl (C=O) groups excluding carboxylic acids is 2. The molecule has 0 bridgehead atoms. The number of nitrogens with zero attached hydrogens (tertiary/aromatic N) is 2. The van der Waals surface area contributed by atoms with Gasteiger partial charge in [0.1, 0.15) is 11.5 Å². The highest BCUT2D eigenvalue weighted by atomic mass is 16.6. The van der Waals surface area contributed by atoms with Crippen LogP contribution in [-0.4, -0.2) is 29.6 Å². The summed E-state index contributed by atoms with van der Waals surface area (Å²) in [5.74, 6) is -0.387. The Kier molecular flexibility index (Phi) is 7.08. The van der Waals surface area contributed by atoms with Crippen molar-refractivity contribution in [2.24, 2.45) is 5.10 Å². The Hall–Kier alpha value is -5.05. The summed E-state index contributed by atoms with van der Waals surface area (Å²) in [6.45, 7) is -0.212. The third-order valence-electron chi connectivity index (χ3n) is 4.86. The van der Waals surface area contributed by atoms with Crippen LogP contribution in [0, 0.1) is 10.1 Å². The zero-order valence-electron chi connectivity index (χ0n) is 18.3. The first-order valence-electron chi connectivity index (χ1n) is 10.5. The van der Waals surface area contributed by atoms with Gasteiger partial charge >= 0.3 is 5.97 Å². The number of amides is 1. The summed E-state index contributed by atoms with van der Waals surface area (Å²) < 4.78 is 10.8. The summed E-state index contributed by atoms with van der Waals surface area (Å²) in [7, 11) is 0. The first-order chi connectivity index (χ1) is 17.0. The van der Waals surface area contributed by atoms with Gasteiger partial charge in [-0.15, -0.1) is 0 Å². The number of non-ortho nitro benzene ring substituents is 1. The van der Waals surface area contributed by atoms with E-state index in [1.54, 1.807) is 24.3 Å². The number of nitro benzene ring substituents is 1. The van der Waals surface area contributed by atoms with Crippen LogP contribution >= 0.6 is 0 Å². The molecule has 0 atom stereocenters. The summed E-state index contributed by atoms with van der Waals surface area (Å²) in [5, 5.41) is 16.9. The highest BCUT2D eigenvalue weighted by molar-refractivity contribution is 5.92. The molecule has 0 saturated heterocycles. The molecule has 0 heterocycles. The number of hydrazone groups is 1. The quantitative estimate of drug-likeness (QED) is 0.133. The molecule has 9 nitrogen and oxygen atoms in total. The molecular weight excluding hydrogens is 450 g/mol. The van der Waals surface area contributed by atoms with Crippen molar-refractivity contribution < 1.29 is 24.0 Å². The van der Waals surface area contributed by atoms with Gasteiger partial charge in [0.2, 0.25) is 0 Å². The average Bonchev–Trinajstić information content (AvgIpc) is 2.87. The monoisotopic (exact) mass is 469 g/mol. The van der Waals surface area contributed by atoms with E-state index >= 15 is 0 Å². The van der Waals surface area contributed by atoms with Gasteiger partial charge in [0.05, 0.1) is 16.7 Å². The van der Waals surface area contributed by atoms with Crippen molar-refractivity contribution in [3.8, 4) is 11.5 Å². The Balaban J connectivity index is 1.30. The number of fused-ring (bicyclic) bond motifs is 1. The Morgan fingerprint density at radius 2 is 1.69 bits per heavy atom. The Morgan fingerprint density at radius 1 is 0.886 bits per heavy atom. The van der Waals surface area contributed by atoms with E-state index in [0.717, 1.165) is 16.8 Å². The third-order valence-corrected chi connectivity index (χ3v) is 4.86. The maximum atomic E-state index is 12.3. The van der Waals surface area contributed by atoms with E-state index in [0.29, 0.717) is 11.3 Å². The van der Waals surface area contributed by atoms with Crippen molar-refractivity contribution in [1.82, 2.24) is 5.43 Å². The first-order valence-corrected chi connectivity index (χ1v) is 10.5. The van der Waals surface area contributed by atoms with Gasteiger partial charge in [0.15, 0.2) is 6.61 Å². The second-order valence-electron chi connectivity index (χ2n) is 7.36. The van der Waals surface area contributed by atoms with Crippen LogP contribution in [0.15, 0.2) is 96.1 Å². The van der Waals surface area contributed by atoms with Crippen LogP contribution in [-0.2, 0) is 4.79 Å². The maximum absolute atomic E-state index is 12.3. The fourth-order valence-electron chi connectivity index (χ4n) is 3.19. The van der Waals surface area contributed by atoms with Crippen molar-refractivity contribution >= 4 is 34.6 Å². The molecule has 1 amide bonds. The predicted molar refractivity (Wildman–Crippen MR) is 130 cm³/mol. The lowest BCUT2D eigenvalue weighted by Gasteiger charge is -2.06. The smallest absolute Gasteiger partial charge is 0.343 e. The molecule has 0 aliphatic carbocycles. The molecule has 0 spiro atoms. The number of rotatable bonds is 8. The molecule has 0 fully saturated rings. The van der Waals surface area contributed by atoms with Crippen molar-refractivity contribution in [2.45, 2.75) is 0 Å². The lowest BCUT2D eigenvalue weighted by atomic mass is 10.1. The maximum Gasteiger partial charge on any atom is 0.343 e. The summed E-state index contributed by atoms with van der Waals surface area (Å²) >= 11 is 0. The highest BCUT2D eigenvalue weighted by Crippen LogP contribution is 2.20. The number of hydrogen-bond donors (Lipinski definition) is 1. The standard InChI is InChI=1S/C26H19N3O6/c30-25(17-34-23-12-11-19-6-1-2-7-20(19)15-23)28-27-16-18-5-3-10-24(13-18)35-26(31)21-8-4-9-22(14-21)29(32)33/h1-16H,17H2,(H,28,30). The lowest BCUT2D eigenvalue weighted by molar-refractivity contribution is -0.384. The van der Waals surface area contributed by atoms with Crippen molar-refractivity contribution in [1.29, 1.82) is 0 Å². The minimum atomic E-state index is -0.734. The number of hydrogen-bond acceptors (Lipinski definition) is 7. The Morgan fingerprint density at radius 3 is 2.51 bits per heavy atom. The van der Waals surface area contributed by atoms with Gasteiger partial charge < -0.3 is 9.47 Å². The average molecular weight is 469 g/mol. The van der Waals surface area contributed by atoms with E-state index < -0.39 is 16.8 Å². The molecule has 4 aromatic rings. The van der Waals surface area contributed by atoms with Crippen LogP contribution in [0.5, 0.6) is 11.5 Å². The summed E-state index contributed by atoms with van der Waals surface area (Å²) in [5.41, 5.74) is 2.78. The van der Waals surface area contributed by atoms with E-state index in [-0.39, 0.29) is 23.6 Å². The molecule has 174 valence electrons. The number of ether oxygens (including phenoxy) is 2. The minimum absolute atomic E-state index is 0.0527. The zero-order chi connectivity index (χ0) is 24.6. The molecule has 4 rings (SSSR count). The number of carbonyl (C=O) groups is 2. The van der Waals surface area contributed by atoms with Crippen LogP contribution in [0.3, 0.4) is 0 Å². The molecular formula is C26H19N3O6. The molecule has 0 unspecified atom stereocenters. The lowest BCUT2D eigenvalue weighted by Crippen LogP contribution is -2.24. The van der Waals surface area contributed by atoms with Crippen LogP contribution in [0.25, 0.3) is 10.8 Å². The van der Waals surface area contributed by atoms with Gasteiger partial charge in [-0.1, -0.05) is 48.5 Å². The molecule has 1 N–H and O–H groups in total. The van der Waals surface area contributed by atoms with Crippen molar-refractivity contribution in [3.63, 3.8) is 0 Å². The van der Waals surface area contributed by atoms with Gasteiger partial charge in [-0.2, -0.15) is 5.10 Å². The SMILES string of the molecule is O=C(COc1ccc2ccccc2c1)NN=Cc1cccc(OC(=O)c2cccc([N+](=O)[O-])c2)c1. The molecule has 9 heteroatoms. The first kappa shape index (κ1) is 23.1. The molecule has 0 aromatic heterocycles. The number of benzene rings is 4. The molecule has 0 saturated carbocycles. The van der Waals surface area contributed by atoms with Crippen molar-refractivity contribution in [2.75, 3.05) is 6.61 Å². The minimum Gasteiger partial charge on any atom is -0.484 e. The molecule has 4 aromatic carbocycles. The Labute approximate surface area is 199 Å². The highest BCUT2D eigenvalue weighted by Gasteiger charge is 2.13. The second-order valence-corrected chi connectivity index (χ2v) is 7.36. The van der Waals surface area contributed by atoms with Crippen LogP contribution in [0.4, 0.5) is 5.69 Å². The predicted octanol–water partition coefficient (Wildman–Crippen LogP) is 4.50. The van der Waals surface area contributed by atoms with Gasteiger partial charge in [-0.25, -0.2) is 10.2 Å². The van der Waals surface area contributed by atoms with E-state index in [2.05, 4.69) is 10.5 Å². The fraction of sp³-hybridized carbons (Fsp3) is 0.0385. The Bertz CT molecular complexity index is 1430. The van der Waals surface area contributed by atoms with E-state index in [1.165, 1.54) is 30.5 Å². The second kappa shape index (κ2) is 10.7. The summed E-state index contributed by atoms with van der Waals surface area (Å²) in [6.07, 6.45) is 1.39. The van der Waals surface area contributed by atoms with Gasteiger partial charge in [-0.3, -0.25) is 14.9 Å². The van der Waals surface area contributed by atoms with Crippen LogP contribution in [0.1, 0.15) is 15.9 Å². The molecule has 0 radical (unpaired) electrons. The molecule has 35 heavy (non-hydrogen) atoms. The fourth-order valence-corrected chi connectivity index (χ4v) is 3.19. The van der Waals surface area contributed by atoms with E-state index in [1.807, 2.05) is 36.4 Å². The van der Waals surface area contributed by atoms with E-state index in [4.69, 9.17) is 9.47 Å². The number of nitrogens with one attached hydrogen (secondary N) is 1. The number of esters is 1. The molecule has 0 aliphatic rings. The normalized spacial score (nSPS) is 10.7. The molecule has 0 aliphatic heterocycles. The summed E-state index contributed by atoms with van der Waals surface area (Å²) in [4.78, 5) is 34.7. The largest absolute Gasteiger partial charge is 0.484 e. The topological polar surface area (TPSA) is 120 Å². The van der Waals surface area contributed by atoms with Crippen LogP contribution < -0.4 is 14.9 Å². The number of nitro groups is 1. The zero-order valence-corrected chi connectivity index (χ0v) is 18.3.